The lowest BCUT2D eigenvalue weighted by atomic mass is 10.3. The highest BCUT2D eigenvalue weighted by molar-refractivity contribution is 7.98. The number of carbonyl (C=O) groups is 1. The fourth-order valence-electron chi connectivity index (χ4n) is 3.16. The van der Waals surface area contributed by atoms with E-state index in [-0.39, 0.29) is 11.7 Å². The Balaban J connectivity index is 1.47. The van der Waals surface area contributed by atoms with Gasteiger partial charge in [0.15, 0.2) is 21.8 Å². The molecule has 30 heavy (non-hydrogen) atoms. The molecule has 7 nitrogen and oxygen atoms in total. The fourth-order valence-corrected chi connectivity index (χ4v) is 4.57. The van der Waals surface area contributed by atoms with Crippen molar-refractivity contribution < 1.29 is 18.7 Å². The van der Waals surface area contributed by atoms with Gasteiger partial charge in [-0.25, -0.2) is 14.4 Å². The van der Waals surface area contributed by atoms with Crippen molar-refractivity contribution in [2.24, 2.45) is 0 Å². The van der Waals surface area contributed by atoms with Crippen LogP contribution in [0.2, 0.25) is 0 Å². The summed E-state index contributed by atoms with van der Waals surface area (Å²) in [7, 11) is 0. The molecule has 1 N–H and O–H groups in total. The molecular formula is C20H15FN4O3S2. The number of hydrogen-bond acceptors (Lipinski definition) is 7. The third-order valence-corrected chi connectivity index (χ3v) is 6.09. The third kappa shape index (κ3) is 3.37. The van der Waals surface area contributed by atoms with Crippen LogP contribution in [0.1, 0.15) is 10.5 Å². The first-order valence-electron chi connectivity index (χ1n) is 9.01. The Labute approximate surface area is 178 Å². The van der Waals surface area contributed by atoms with Crippen LogP contribution in [-0.4, -0.2) is 39.9 Å². The molecule has 0 atom stereocenters. The van der Waals surface area contributed by atoms with Crippen molar-refractivity contribution >= 4 is 44.4 Å². The molecule has 2 aromatic carbocycles. The van der Waals surface area contributed by atoms with Gasteiger partial charge in [0.2, 0.25) is 0 Å². The average molecular weight is 442 g/mol. The molecular weight excluding hydrogens is 427 g/mol. The van der Waals surface area contributed by atoms with E-state index in [2.05, 4.69) is 15.3 Å². The van der Waals surface area contributed by atoms with Crippen LogP contribution in [0, 0.1) is 5.82 Å². The number of imidazole rings is 1. The largest absolute Gasteiger partial charge is 0.486 e. The van der Waals surface area contributed by atoms with Crippen LogP contribution in [-0.2, 0) is 0 Å². The number of ether oxygens (including phenoxy) is 2. The van der Waals surface area contributed by atoms with E-state index in [1.165, 1.54) is 41.4 Å². The Morgan fingerprint density at radius 3 is 2.67 bits per heavy atom. The summed E-state index contributed by atoms with van der Waals surface area (Å²) in [5, 5.41) is 3.92. The van der Waals surface area contributed by atoms with E-state index in [0.29, 0.717) is 46.4 Å². The molecule has 5 rings (SSSR count). The zero-order chi connectivity index (χ0) is 20.7. The highest BCUT2D eigenvalue weighted by atomic mass is 32.2. The second kappa shape index (κ2) is 7.62. The number of thioether (sulfide) groups is 1. The minimum Gasteiger partial charge on any atom is -0.486 e. The van der Waals surface area contributed by atoms with Crippen LogP contribution >= 0.6 is 23.1 Å². The number of amides is 1. The van der Waals surface area contributed by atoms with Crippen LogP contribution in [0.4, 0.5) is 9.52 Å². The number of nitrogens with one attached hydrogen (secondary N) is 1. The SMILES string of the molecule is CSc1ncc(C(=O)Nc2nc3cc4c(cc3s2)OCCO4)n1-c1ccc(F)cc1. The maximum Gasteiger partial charge on any atom is 0.276 e. The maximum atomic E-state index is 13.3. The standard InChI is InChI=1S/C20H15FN4O3S2/c1-29-20-22-10-14(25(20)12-4-2-11(21)3-5-12)18(26)24-19-23-13-8-15-16(9-17(13)30-19)28-7-6-27-15/h2-5,8-10H,6-7H2,1H3,(H,23,24,26). The van der Waals surface area contributed by atoms with Gasteiger partial charge in [0.1, 0.15) is 24.7 Å². The predicted molar refractivity (Wildman–Crippen MR) is 114 cm³/mol. The number of benzene rings is 2. The Kier molecular flexibility index (Phi) is 4.80. The number of rotatable bonds is 4. The molecule has 1 amide bonds. The summed E-state index contributed by atoms with van der Waals surface area (Å²) in [4.78, 5) is 21.8. The van der Waals surface area contributed by atoms with E-state index < -0.39 is 0 Å². The van der Waals surface area contributed by atoms with Gasteiger partial charge in [-0.15, -0.1) is 0 Å². The van der Waals surface area contributed by atoms with Crippen molar-refractivity contribution in [3.05, 3.63) is 54.1 Å². The number of anilines is 1. The summed E-state index contributed by atoms with van der Waals surface area (Å²) in [6.07, 6.45) is 3.36. The van der Waals surface area contributed by atoms with E-state index in [0.717, 1.165) is 10.2 Å². The van der Waals surface area contributed by atoms with E-state index in [1.54, 1.807) is 16.7 Å². The molecule has 0 bridgehead atoms. The molecule has 0 saturated carbocycles. The molecule has 0 spiro atoms. The summed E-state index contributed by atoms with van der Waals surface area (Å²) in [5.74, 6) is 0.620. The number of thiazole rings is 1. The molecule has 1 aliphatic heterocycles. The normalized spacial score (nSPS) is 12.9. The summed E-state index contributed by atoms with van der Waals surface area (Å²) < 4.78 is 27.1. The van der Waals surface area contributed by atoms with Gasteiger partial charge in [-0.3, -0.25) is 14.7 Å². The second-order valence-electron chi connectivity index (χ2n) is 6.38. The molecule has 0 radical (unpaired) electrons. The zero-order valence-electron chi connectivity index (χ0n) is 15.7. The first-order valence-corrected chi connectivity index (χ1v) is 11.1. The highest BCUT2D eigenvalue weighted by Gasteiger charge is 2.20. The van der Waals surface area contributed by atoms with E-state index >= 15 is 0 Å². The number of aromatic nitrogens is 3. The van der Waals surface area contributed by atoms with Crippen molar-refractivity contribution in [1.82, 2.24) is 14.5 Å². The van der Waals surface area contributed by atoms with E-state index in [4.69, 9.17) is 9.47 Å². The molecule has 0 fully saturated rings. The van der Waals surface area contributed by atoms with Gasteiger partial charge in [-0.2, -0.15) is 0 Å². The van der Waals surface area contributed by atoms with Gasteiger partial charge in [-0.1, -0.05) is 23.1 Å². The van der Waals surface area contributed by atoms with Crippen molar-refractivity contribution in [2.45, 2.75) is 5.16 Å². The number of halogens is 1. The molecule has 10 heteroatoms. The summed E-state index contributed by atoms with van der Waals surface area (Å²) in [6, 6.07) is 9.59. The van der Waals surface area contributed by atoms with Gasteiger partial charge in [-0.05, 0) is 30.5 Å². The van der Waals surface area contributed by atoms with Gasteiger partial charge < -0.3 is 9.47 Å². The number of fused-ring (bicyclic) bond motifs is 2. The quantitative estimate of drug-likeness (QED) is 0.473. The summed E-state index contributed by atoms with van der Waals surface area (Å²) >= 11 is 2.74. The van der Waals surface area contributed by atoms with E-state index in [9.17, 15) is 9.18 Å². The third-order valence-electron chi connectivity index (χ3n) is 4.50. The number of nitrogens with zero attached hydrogens (tertiary/aromatic N) is 3. The van der Waals surface area contributed by atoms with Crippen LogP contribution < -0.4 is 14.8 Å². The molecule has 1 aliphatic rings. The monoisotopic (exact) mass is 442 g/mol. The van der Waals surface area contributed by atoms with Crippen molar-refractivity contribution in [1.29, 1.82) is 0 Å². The Morgan fingerprint density at radius 1 is 1.20 bits per heavy atom. The molecule has 3 heterocycles. The molecule has 2 aromatic heterocycles. The smallest absolute Gasteiger partial charge is 0.276 e. The minimum absolute atomic E-state index is 0.330. The summed E-state index contributed by atoms with van der Waals surface area (Å²) in [6.45, 7) is 1.00. The Bertz CT molecular complexity index is 1210. The minimum atomic E-state index is -0.358. The molecule has 0 unspecified atom stereocenters. The molecule has 0 aliphatic carbocycles. The fraction of sp³-hybridized carbons (Fsp3) is 0.150. The first-order chi connectivity index (χ1) is 14.6. The topological polar surface area (TPSA) is 78.3 Å². The molecule has 0 saturated heterocycles. The number of hydrogen-bond donors (Lipinski definition) is 1. The number of carbonyl (C=O) groups excluding carboxylic acids is 1. The molecule has 152 valence electrons. The Morgan fingerprint density at radius 2 is 1.93 bits per heavy atom. The predicted octanol–water partition coefficient (Wildman–Crippen LogP) is 4.37. The van der Waals surface area contributed by atoms with Crippen molar-refractivity contribution in [3.63, 3.8) is 0 Å². The first kappa shape index (κ1) is 18.9. The maximum absolute atomic E-state index is 13.3. The van der Waals surface area contributed by atoms with Crippen LogP contribution in [0.3, 0.4) is 0 Å². The highest BCUT2D eigenvalue weighted by Crippen LogP contribution is 2.38. The van der Waals surface area contributed by atoms with Crippen LogP contribution in [0.25, 0.3) is 15.9 Å². The molecule has 4 aromatic rings. The van der Waals surface area contributed by atoms with Gasteiger partial charge >= 0.3 is 0 Å². The second-order valence-corrected chi connectivity index (χ2v) is 8.18. The lowest BCUT2D eigenvalue weighted by Gasteiger charge is -2.17. The Hall–Kier alpha value is -3.11. The summed E-state index contributed by atoms with van der Waals surface area (Å²) in [5.41, 5.74) is 1.70. The van der Waals surface area contributed by atoms with Crippen molar-refractivity contribution in [3.8, 4) is 17.2 Å². The van der Waals surface area contributed by atoms with Crippen molar-refractivity contribution in [2.75, 3.05) is 24.8 Å². The lowest BCUT2D eigenvalue weighted by Crippen LogP contribution is -2.16. The van der Waals surface area contributed by atoms with Crippen LogP contribution in [0.15, 0.2) is 47.8 Å². The van der Waals surface area contributed by atoms with Gasteiger partial charge in [0.05, 0.1) is 16.4 Å². The van der Waals surface area contributed by atoms with Crippen LogP contribution in [0.5, 0.6) is 11.5 Å². The van der Waals surface area contributed by atoms with Gasteiger partial charge in [0.25, 0.3) is 5.91 Å². The van der Waals surface area contributed by atoms with E-state index in [1.807, 2.05) is 18.4 Å². The average Bonchev–Trinajstić information content (AvgIpc) is 3.35. The van der Waals surface area contributed by atoms with Gasteiger partial charge in [0, 0.05) is 17.8 Å². The lowest BCUT2D eigenvalue weighted by molar-refractivity contribution is 0.102. The zero-order valence-corrected chi connectivity index (χ0v) is 17.3.